The molecule has 0 amide bonds. The summed E-state index contributed by atoms with van der Waals surface area (Å²) in [6.45, 7) is 3.32. The van der Waals surface area contributed by atoms with Crippen LogP contribution >= 0.6 is 35.1 Å². The minimum atomic E-state index is 0.427. The van der Waals surface area contributed by atoms with Crippen LogP contribution in [0.2, 0.25) is 5.02 Å². The van der Waals surface area contributed by atoms with Crippen molar-refractivity contribution in [2.75, 3.05) is 23.8 Å². The van der Waals surface area contributed by atoms with Crippen LogP contribution in [0.25, 0.3) is 0 Å². The Hall–Kier alpha value is 0.170. The van der Waals surface area contributed by atoms with E-state index in [0.717, 1.165) is 23.2 Å². The highest BCUT2D eigenvalue weighted by molar-refractivity contribution is 8.06. The van der Waals surface area contributed by atoms with E-state index in [2.05, 4.69) is 47.9 Å². The van der Waals surface area contributed by atoms with Gasteiger partial charge in [-0.25, -0.2) is 0 Å². The largest absolute Gasteiger partial charge is 0.309 e. The maximum absolute atomic E-state index is 6.06. The highest BCUT2D eigenvalue weighted by atomic mass is 35.5. The first-order valence-electron chi connectivity index (χ1n) is 6.47. The summed E-state index contributed by atoms with van der Waals surface area (Å²) >= 11 is 10.2. The Labute approximate surface area is 123 Å². The van der Waals surface area contributed by atoms with Crippen molar-refractivity contribution in [1.82, 2.24) is 5.32 Å². The molecule has 2 atom stereocenters. The number of hydrogen-bond acceptors (Lipinski definition) is 3. The summed E-state index contributed by atoms with van der Waals surface area (Å²) in [5.41, 5.74) is 1.30. The quantitative estimate of drug-likeness (QED) is 0.874. The number of nitrogens with one attached hydrogen (secondary N) is 1. The van der Waals surface area contributed by atoms with E-state index in [0.29, 0.717) is 6.04 Å². The van der Waals surface area contributed by atoms with E-state index in [4.69, 9.17) is 11.6 Å². The molecule has 0 aliphatic carbocycles. The Morgan fingerprint density at radius 2 is 2.33 bits per heavy atom. The van der Waals surface area contributed by atoms with Crippen LogP contribution in [0.4, 0.5) is 0 Å². The highest BCUT2D eigenvalue weighted by Crippen LogP contribution is 2.25. The molecule has 0 saturated carbocycles. The molecule has 1 nitrogen and oxygen atoms in total. The summed E-state index contributed by atoms with van der Waals surface area (Å²) in [6, 6.07) is 8.64. The van der Waals surface area contributed by atoms with Crippen molar-refractivity contribution in [3.05, 3.63) is 34.9 Å². The van der Waals surface area contributed by atoms with Gasteiger partial charge in [0.05, 0.1) is 0 Å². The SMILES string of the molecule is CCC(NCC1CSCCS1)c1cccc(Cl)c1. The zero-order valence-electron chi connectivity index (χ0n) is 10.7. The van der Waals surface area contributed by atoms with Crippen molar-refractivity contribution in [2.24, 2.45) is 0 Å². The summed E-state index contributed by atoms with van der Waals surface area (Å²) in [4.78, 5) is 0. The molecule has 1 aliphatic heterocycles. The lowest BCUT2D eigenvalue weighted by atomic mass is 10.0. The van der Waals surface area contributed by atoms with E-state index in [1.807, 2.05) is 12.1 Å². The van der Waals surface area contributed by atoms with Gasteiger partial charge in [0.1, 0.15) is 0 Å². The Bertz CT molecular complexity index is 367. The molecule has 1 aromatic carbocycles. The lowest BCUT2D eigenvalue weighted by molar-refractivity contribution is 0.523. The molecule has 1 aliphatic rings. The Morgan fingerprint density at radius 3 is 3.00 bits per heavy atom. The normalized spacial score (nSPS) is 21.8. The van der Waals surface area contributed by atoms with Gasteiger partial charge in [0.25, 0.3) is 0 Å². The van der Waals surface area contributed by atoms with Crippen LogP contribution < -0.4 is 5.32 Å². The van der Waals surface area contributed by atoms with E-state index in [1.165, 1.54) is 22.8 Å². The lowest BCUT2D eigenvalue weighted by Crippen LogP contribution is -2.31. The van der Waals surface area contributed by atoms with Gasteiger partial charge in [-0.1, -0.05) is 30.7 Å². The fourth-order valence-electron chi connectivity index (χ4n) is 2.15. The monoisotopic (exact) mass is 301 g/mol. The van der Waals surface area contributed by atoms with Gasteiger partial charge in [0, 0.05) is 40.1 Å². The first-order valence-corrected chi connectivity index (χ1v) is 9.06. The van der Waals surface area contributed by atoms with Gasteiger partial charge in [0.2, 0.25) is 0 Å². The van der Waals surface area contributed by atoms with Gasteiger partial charge in [-0.2, -0.15) is 23.5 Å². The molecule has 1 aromatic rings. The molecular formula is C14H20ClNS2. The van der Waals surface area contributed by atoms with Gasteiger partial charge < -0.3 is 5.32 Å². The molecule has 2 rings (SSSR count). The molecule has 2 unspecified atom stereocenters. The van der Waals surface area contributed by atoms with Crippen molar-refractivity contribution in [2.45, 2.75) is 24.6 Å². The molecule has 0 spiro atoms. The third-order valence-electron chi connectivity index (χ3n) is 3.14. The van der Waals surface area contributed by atoms with E-state index in [1.54, 1.807) is 0 Å². The van der Waals surface area contributed by atoms with Gasteiger partial charge >= 0.3 is 0 Å². The maximum atomic E-state index is 6.06. The number of benzene rings is 1. The van der Waals surface area contributed by atoms with Crippen LogP contribution in [0.1, 0.15) is 24.9 Å². The molecular weight excluding hydrogens is 282 g/mol. The molecule has 18 heavy (non-hydrogen) atoms. The second kappa shape index (κ2) is 7.68. The summed E-state index contributed by atoms with van der Waals surface area (Å²) in [6.07, 6.45) is 1.10. The van der Waals surface area contributed by atoms with Crippen LogP contribution in [0.3, 0.4) is 0 Å². The number of rotatable bonds is 5. The van der Waals surface area contributed by atoms with Crippen molar-refractivity contribution >= 4 is 35.1 Å². The van der Waals surface area contributed by atoms with Gasteiger partial charge in [-0.05, 0) is 24.1 Å². The summed E-state index contributed by atoms with van der Waals surface area (Å²) in [7, 11) is 0. The molecule has 1 saturated heterocycles. The van der Waals surface area contributed by atoms with Crippen LogP contribution in [0.15, 0.2) is 24.3 Å². The fourth-order valence-corrected chi connectivity index (χ4v) is 4.97. The lowest BCUT2D eigenvalue weighted by Gasteiger charge is -2.25. The summed E-state index contributed by atoms with van der Waals surface area (Å²) in [5, 5.41) is 5.28. The third kappa shape index (κ3) is 4.37. The average Bonchev–Trinajstić information content (AvgIpc) is 2.41. The molecule has 0 aromatic heterocycles. The van der Waals surface area contributed by atoms with Crippen molar-refractivity contribution in [1.29, 1.82) is 0 Å². The van der Waals surface area contributed by atoms with E-state index in [9.17, 15) is 0 Å². The van der Waals surface area contributed by atoms with E-state index >= 15 is 0 Å². The molecule has 0 bridgehead atoms. The van der Waals surface area contributed by atoms with Crippen molar-refractivity contribution in [3.63, 3.8) is 0 Å². The topological polar surface area (TPSA) is 12.0 Å². The number of hydrogen-bond donors (Lipinski definition) is 1. The standard InChI is InChI=1S/C14H20ClNS2/c1-2-14(11-4-3-5-12(15)8-11)16-9-13-10-17-6-7-18-13/h3-5,8,13-14,16H,2,6-7,9-10H2,1H3. The zero-order valence-corrected chi connectivity index (χ0v) is 13.1. The first-order chi connectivity index (χ1) is 8.79. The minimum Gasteiger partial charge on any atom is -0.309 e. The molecule has 0 radical (unpaired) electrons. The number of halogens is 1. The van der Waals surface area contributed by atoms with Crippen LogP contribution in [-0.4, -0.2) is 29.1 Å². The maximum Gasteiger partial charge on any atom is 0.0409 e. The van der Waals surface area contributed by atoms with Gasteiger partial charge in [-0.15, -0.1) is 0 Å². The first kappa shape index (κ1) is 14.6. The Morgan fingerprint density at radius 1 is 1.44 bits per heavy atom. The van der Waals surface area contributed by atoms with Gasteiger partial charge in [-0.3, -0.25) is 0 Å². The molecule has 100 valence electrons. The summed E-state index contributed by atoms with van der Waals surface area (Å²) < 4.78 is 0. The van der Waals surface area contributed by atoms with Crippen molar-refractivity contribution in [3.8, 4) is 0 Å². The molecule has 1 heterocycles. The molecule has 1 N–H and O–H groups in total. The Balaban J connectivity index is 1.88. The van der Waals surface area contributed by atoms with E-state index < -0.39 is 0 Å². The predicted molar refractivity (Wildman–Crippen MR) is 86.1 cm³/mol. The Kier molecular flexibility index (Phi) is 6.22. The van der Waals surface area contributed by atoms with Crippen LogP contribution in [0.5, 0.6) is 0 Å². The average molecular weight is 302 g/mol. The molecule has 1 fully saturated rings. The number of thioether (sulfide) groups is 2. The highest BCUT2D eigenvalue weighted by Gasteiger charge is 2.16. The minimum absolute atomic E-state index is 0.427. The summed E-state index contributed by atoms with van der Waals surface area (Å²) in [5.74, 6) is 3.89. The fraction of sp³-hybridized carbons (Fsp3) is 0.571. The van der Waals surface area contributed by atoms with E-state index in [-0.39, 0.29) is 0 Å². The third-order valence-corrected chi connectivity index (χ3v) is 6.22. The van der Waals surface area contributed by atoms with Gasteiger partial charge in [0.15, 0.2) is 0 Å². The smallest absolute Gasteiger partial charge is 0.0409 e. The molecule has 4 heteroatoms. The zero-order chi connectivity index (χ0) is 12.8. The second-order valence-electron chi connectivity index (χ2n) is 4.49. The predicted octanol–water partition coefficient (Wildman–Crippen LogP) is 4.23. The van der Waals surface area contributed by atoms with Crippen LogP contribution in [-0.2, 0) is 0 Å². The second-order valence-corrected chi connectivity index (χ2v) is 7.49. The van der Waals surface area contributed by atoms with Crippen molar-refractivity contribution < 1.29 is 0 Å². The van der Waals surface area contributed by atoms with Crippen LogP contribution in [0, 0.1) is 0 Å².